The van der Waals surface area contributed by atoms with Crippen LogP contribution in [0.25, 0.3) is 0 Å². The molecule has 0 atom stereocenters. The zero-order valence-corrected chi connectivity index (χ0v) is 12.3. The highest BCUT2D eigenvalue weighted by atomic mass is 35.5. The lowest BCUT2D eigenvalue weighted by Gasteiger charge is -2.27. The average Bonchev–Trinajstić information content (AvgIpc) is 2.40. The van der Waals surface area contributed by atoms with E-state index in [4.69, 9.17) is 16.3 Å². The summed E-state index contributed by atoms with van der Waals surface area (Å²) in [5.74, 6) is 0.796. The van der Waals surface area contributed by atoms with Crippen LogP contribution >= 0.6 is 11.6 Å². The lowest BCUT2D eigenvalue weighted by molar-refractivity contribution is 0.0562. The van der Waals surface area contributed by atoms with Gasteiger partial charge in [-0.2, -0.15) is 0 Å². The van der Waals surface area contributed by atoms with E-state index in [0.717, 1.165) is 42.9 Å². The van der Waals surface area contributed by atoms with Crippen LogP contribution < -0.4 is 5.32 Å². The number of rotatable bonds is 6. The van der Waals surface area contributed by atoms with Crippen LogP contribution in [0.1, 0.15) is 12.8 Å². The molecule has 1 aliphatic heterocycles. The Morgan fingerprint density at radius 3 is 2.89 bits per heavy atom. The third kappa shape index (κ3) is 5.39. The van der Waals surface area contributed by atoms with E-state index in [1.165, 1.54) is 19.4 Å². The van der Waals surface area contributed by atoms with Gasteiger partial charge < -0.3 is 15.0 Å². The molecular weight excluding hydrogens is 260 g/mol. The summed E-state index contributed by atoms with van der Waals surface area (Å²) >= 11 is 5.95. The minimum absolute atomic E-state index is 0.778. The number of nitrogens with one attached hydrogen (secondary N) is 1. The maximum atomic E-state index is 5.95. The van der Waals surface area contributed by atoms with Crippen molar-refractivity contribution in [1.82, 2.24) is 4.90 Å². The summed E-state index contributed by atoms with van der Waals surface area (Å²) in [5, 5.41) is 4.18. The quantitative estimate of drug-likeness (QED) is 0.868. The summed E-state index contributed by atoms with van der Waals surface area (Å²) in [4.78, 5) is 2.40. The zero-order valence-electron chi connectivity index (χ0n) is 11.6. The lowest BCUT2D eigenvalue weighted by atomic mass is 10.00. The molecule has 0 unspecified atom stereocenters. The highest BCUT2D eigenvalue weighted by molar-refractivity contribution is 6.30. The van der Waals surface area contributed by atoms with Crippen LogP contribution in [0, 0.1) is 5.92 Å². The topological polar surface area (TPSA) is 24.5 Å². The van der Waals surface area contributed by atoms with Crippen molar-refractivity contribution in [2.75, 3.05) is 45.2 Å². The predicted octanol–water partition coefficient (Wildman–Crippen LogP) is 3.11. The van der Waals surface area contributed by atoms with Crippen LogP contribution in [-0.2, 0) is 4.74 Å². The fourth-order valence-electron chi connectivity index (χ4n) is 2.45. The van der Waals surface area contributed by atoms with E-state index in [2.05, 4.69) is 17.3 Å². The number of nitrogens with zero attached hydrogens (tertiary/aromatic N) is 1. The molecule has 1 aliphatic rings. The summed E-state index contributed by atoms with van der Waals surface area (Å²) in [7, 11) is 2.19. The summed E-state index contributed by atoms with van der Waals surface area (Å²) in [6, 6.07) is 7.87. The lowest BCUT2D eigenvalue weighted by Crippen LogP contribution is -2.32. The number of hydrogen-bond acceptors (Lipinski definition) is 3. The van der Waals surface area contributed by atoms with Gasteiger partial charge in [-0.1, -0.05) is 17.7 Å². The summed E-state index contributed by atoms with van der Waals surface area (Å²) in [5.41, 5.74) is 1.09. The van der Waals surface area contributed by atoms with E-state index in [-0.39, 0.29) is 0 Å². The Kier molecular flexibility index (Phi) is 5.95. The Morgan fingerprint density at radius 2 is 2.16 bits per heavy atom. The van der Waals surface area contributed by atoms with Crippen molar-refractivity contribution in [1.29, 1.82) is 0 Å². The van der Waals surface area contributed by atoms with Crippen LogP contribution in [0.4, 0.5) is 5.69 Å². The van der Waals surface area contributed by atoms with Crippen molar-refractivity contribution in [3.05, 3.63) is 29.3 Å². The van der Waals surface area contributed by atoms with Gasteiger partial charge in [-0.15, -0.1) is 0 Å². The van der Waals surface area contributed by atoms with E-state index >= 15 is 0 Å². The fourth-order valence-corrected chi connectivity index (χ4v) is 2.64. The van der Waals surface area contributed by atoms with Gasteiger partial charge in [0.25, 0.3) is 0 Å². The minimum Gasteiger partial charge on any atom is -0.384 e. The Bertz CT molecular complexity index is 380. The minimum atomic E-state index is 0.778. The molecule has 2 rings (SSSR count). The first-order valence-corrected chi connectivity index (χ1v) is 7.37. The average molecular weight is 283 g/mol. The van der Waals surface area contributed by atoms with Crippen molar-refractivity contribution in [3.8, 4) is 0 Å². The first-order valence-electron chi connectivity index (χ1n) is 7.00. The van der Waals surface area contributed by atoms with Crippen LogP contribution in [0.15, 0.2) is 24.3 Å². The number of halogens is 1. The molecule has 0 radical (unpaired) electrons. The van der Waals surface area contributed by atoms with Crippen molar-refractivity contribution in [2.24, 2.45) is 5.92 Å². The van der Waals surface area contributed by atoms with Gasteiger partial charge in [0.2, 0.25) is 0 Å². The fraction of sp³-hybridized carbons (Fsp3) is 0.600. The van der Waals surface area contributed by atoms with Crippen LogP contribution in [0.5, 0.6) is 0 Å². The molecule has 0 spiro atoms. The van der Waals surface area contributed by atoms with Gasteiger partial charge in [0.1, 0.15) is 0 Å². The molecule has 0 amide bonds. The predicted molar refractivity (Wildman–Crippen MR) is 81.0 cm³/mol. The Morgan fingerprint density at radius 1 is 1.37 bits per heavy atom. The van der Waals surface area contributed by atoms with E-state index in [9.17, 15) is 0 Å². The normalized spacial score (nSPS) is 16.8. The van der Waals surface area contributed by atoms with Gasteiger partial charge >= 0.3 is 0 Å². The Balaban J connectivity index is 1.64. The SMILES string of the molecule is CN(CCNc1cccc(Cl)c1)CC1CCOCC1. The number of ether oxygens (including phenoxy) is 1. The Hall–Kier alpha value is -0.770. The van der Waals surface area contributed by atoms with Crippen molar-refractivity contribution >= 4 is 17.3 Å². The Labute approximate surface area is 120 Å². The molecule has 1 saturated heterocycles. The number of benzene rings is 1. The first kappa shape index (κ1) is 14.6. The smallest absolute Gasteiger partial charge is 0.0469 e. The van der Waals surface area contributed by atoms with E-state index in [1.807, 2.05) is 24.3 Å². The molecule has 0 bridgehead atoms. The van der Waals surface area contributed by atoms with Gasteiger partial charge in [-0.3, -0.25) is 0 Å². The molecule has 1 aromatic rings. The highest BCUT2D eigenvalue weighted by Crippen LogP contribution is 2.16. The molecule has 1 fully saturated rings. The maximum absolute atomic E-state index is 5.95. The van der Waals surface area contributed by atoms with E-state index in [1.54, 1.807) is 0 Å². The molecule has 0 aromatic heterocycles. The van der Waals surface area contributed by atoms with Gasteiger partial charge in [0, 0.05) is 43.6 Å². The first-order chi connectivity index (χ1) is 9.24. The molecule has 1 aromatic carbocycles. The van der Waals surface area contributed by atoms with Gasteiger partial charge in [-0.25, -0.2) is 0 Å². The molecule has 1 heterocycles. The van der Waals surface area contributed by atoms with Crippen molar-refractivity contribution in [3.63, 3.8) is 0 Å². The standard InChI is InChI=1S/C15H23ClN2O/c1-18(12-13-5-9-19-10-6-13)8-7-17-15-4-2-3-14(16)11-15/h2-4,11,13,17H,5-10,12H2,1H3. The second-order valence-corrected chi connectivity index (χ2v) is 5.69. The van der Waals surface area contributed by atoms with Crippen LogP contribution in [-0.4, -0.2) is 44.8 Å². The van der Waals surface area contributed by atoms with Gasteiger partial charge in [0.15, 0.2) is 0 Å². The second-order valence-electron chi connectivity index (χ2n) is 5.26. The third-order valence-corrected chi connectivity index (χ3v) is 3.79. The summed E-state index contributed by atoms with van der Waals surface area (Å²) in [6.45, 7) is 5.02. The molecule has 0 saturated carbocycles. The molecule has 0 aliphatic carbocycles. The summed E-state index contributed by atoms with van der Waals surface area (Å²) < 4.78 is 5.39. The molecule has 3 nitrogen and oxygen atoms in total. The van der Waals surface area contributed by atoms with Crippen molar-refractivity contribution < 1.29 is 4.74 Å². The second kappa shape index (κ2) is 7.73. The van der Waals surface area contributed by atoms with E-state index in [0.29, 0.717) is 0 Å². The monoisotopic (exact) mass is 282 g/mol. The summed E-state index contributed by atoms with van der Waals surface area (Å²) in [6.07, 6.45) is 2.40. The van der Waals surface area contributed by atoms with Gasteiger partial charge in [-0.05, 0) is 44.0 Å². The molecule has 19 heavy (non-hydrogen) atoms. The van der Waals surface area contributed by atoms with Crippen LogP contribution in [0.2, 0.25) is 5.02 Å². The molecule has 106 valence electrons. The third-order valence-electron chi connectivity index (χ3n) is 3.56. The van der Waals surface area contributed by atoms with Crippen LogP contribution in [0.3, 0.4) is 0 Å². The highest BCUT2D eigenvalue weighted by Gasteiger charge is 2.15. The largest absolute Gasteiger partial charge is 0.384 e. The molecule has 4 heteroatoms. The number of anilines is 1. The van der Waals surface area contributed by atoms with Gasteiger partial charge in [0.05, 0.1) is 0 Å². The maximum Gasteiger partial charge on any atom is 0.0469 e. The molecule has 1 N–H and O–H groups in total. The molecular formula is C15H23ClN2O. The van der Waals surface area contributed by atoms with E-state index < -0.39 is 0 Å². The van der Waals surface area contributed by atoms with Crippen molar-refractivity contribution in [2.45, 2.75) is 12.8 Å². The zero-order chi connectivity index (χ0) is 13.5. The number of likely N-dealkylation sites (N-methyl/N-ethyl adjacent to an activating group) is 1. The number of hydrogen-bond donors (Lipinski definition) is 1.